The zero-order valence-corrected chi connectivity index (χ0v) is 15.1. The highest BCUT2D eigenvalue weighted by Gasteiger charge is 2.06. The standard InChI is InChI=1S/C21H19ClN2O2/c1-26-20-12-7-16(22)14-19(20)23-17-8-10-18(11-9-17)24-21(25)13-15-5-3-2-4-6-15/h2-12,14,23H,13H2,1H3,(H,24,25). The molecule has 0 radical (unpaired) electrons. The molecule has 0 aliphatic carbocycles. The maximum Gasteiger partial charge on any atom is 0.228 e. The predicted octanol–water partition coefficient (Wildman–Crippen LogP) is 5.27. The van der Waals surface area contributed by atoms with E-state index in [-0.39, 0.29) is 5.91 Å². The number of nitrogens with one attached hydrogen (secondary N) is 2. The Bertz CT molecular complexity index is 880. The maximum absolute atomic E-state index is 12.1. The zero-order valence-electron chi connectivity index (χ0n) is 14.3. The molecule has 132 valence electrons. The molecular weight excluding hydrogens is 348 g/mol. The third-order valence-electron chi connectivity index (χ3n) is 3.82. The van der Waals surface area contributed by atoms with Crippen LogP contribution in [0.15, 0.2) is 72.8 Å². The summed E-state index contributed by atoms with van der Waals surface area (Å²) in [6.07, 6.45) is 0.348. The van der Waals surface area contributed by atoms with E-state index in [0.717, 1.165) is 22.6 Å². The normalized spacial score (nSPS) is 10.2. The highest BCUT2D eigenvalue weighted by Crippen LogP contribution is 2.30. The number of ether oxygens (including phenoxy) is 1. The molecule has 26 heavy (non-hydrogen) atoms. The first-order valence-corrected chi connectivity index (χ1v) is 8.56. The number of methoxy groups -OCH3 is 1. The molecule has 0 bridgehead atoms. The first kappa shape index (κ1) is 17.8. The van der Waals surface area contributed by atoms with Crippen LogP contribution in [0.25, 0.3) is 0 Å². The number of hydrogen-bond acceptors (Lipinski definition) is 3. The summed E-state index contributed by atoms with van der Waals surface area (Å²) in [6, 6.07) is 22.5. The first-order chi connectivity index (χ1) is 12.6. The molecule has 5 heteroatoms. The van der Waals surface area contributed by atoms with E-state index in [4.69, 9.17) is 16.3 Å². The number of anilines is 3. The fourth-order valence-corrected chi connectivity index (χ4v) is 2.73. The van der Waals surface area contributed by atoms with Gasteiger partial charge in [-0.05, 0) is 48.0 Å². The summed E-state index contributed by atoms with van der Waals surface area (Å²) in [5, 5.41) is 6.79. The smallest absolute Gasteiger partial charge is 0.228 e. The molecule has 4 nitrogen and oxygen atoms in total. The number of halogens is 1. The molecule has 0 atom stereocenters. The SMILES string of the molecule is COc1ccc(Cl)cc1Nc1ccc(NC(=O)Cc2ccccc2)cc1. The highest BCUT2D eigenvalue weighted by atomic mass is 35.5. The summed E-state index contributed by atoms with van der Waals surface area (Å²) in [4.78, 5) is 12.1. The largest absolute Gasteiger partial charge is 0.495 e. The van der Waals surface area contributed by atoms with E-state index < -0.39 is 0 Å². The van der Waals surface area contributed by atoms with E-state index in [1.165, 1.54) is 0 Å². The number of amides is 1. The van der Waals surface area contributed by atoms with E-state index in [9.17, 15) is 4.79 Å². The Balaban J connectivity index is 1.63. The molecule has 0 aliphatic rings. The van der Waals surface area contributed by atoms with Crippen LogP contribution in [0, 0.1) is 0 Å². The maximum atomic E-state index is 12.1. The van der Waals surface area contributed by atoms with Gasteiger partial charge in [-0.2, -0.15) is 0 Å². The van der Waals surface area contributed by atoms with Crippen LogP contribution >= 0.6 is 11.6 Å². The second-order valence-electron chi connectivity index (χ2n) is 5.76. The Kier molecular flexibility index (Phi) is 5.77. The molecule has 3 rings (SSSR count). The van der Waals surface area contributed by atoms with Crippen molar-refractivity contribution in [3.05, 3.63) is 83.4 Å². The molecule has 0 saturated heterocycles. The van der Waals surface area contributed by atoms with Crippen molar-refractivity contribution in [1.82, 2.24) is 0 Å². The minimum Gasteiger partial charge on any atom is -0.495 e. The number of carbonyl (C=O) groups is 1. The molecular formula is C21H19ClN2O2. The van der Waals surface area contributed by atoms with Gasteiger partial charge in [-0.15, -0.1) is 0 Å². The molecule has 0 aliphatic heterocycles. The molecule has 0 saturated carbocycles. The Morgan fingerprint density at radius 1 is 0.962 bits per heavy atom. The molecule has 0 fully saturated rings. The molecule has 0 spiro atoms. The third kappa shape index (κ3) is 4.77. The molecule has 0 heterocycles. The topological polar surface area (TPSA) is 50.4 Å². The van der Waals surface area contributed by atoms with E-state index in [2.05, 4.69) is 10.6 Å². The van der Waals surface area contributed by atoms with Gasteiger partial charge in [-0.3, -0.25) is 4.79 Å². The lowest BCUT2D eigenvalue weighted by Crippen LogP contribution is -2.14. The van der Waals surface area contributed by atoms with Crippen molar-refractivity contribution in [2.24, 2.45) is 0 Å². The van der Waals surface area contributed by atoms with Crippen molar-refractivity contribution < 1.29 is 9.53 Å². The van der Waals surface area contributed by atoms with Gasteiger partial charge in [0.2, 0.25) is 5.91 Å². The summed E-state index contributed by atoms with van der Waals surface area (Å²) in [6.45, 7) is 0. The van der Waals surface area contributed by atoms with Crippen LogP contribution in [0.1, 0.15) is 5.56 Å². The monoisotopic (exact) mass is 366 g/mol. The van der Waals surface area contributed by atoms with Crippen molar-refractivity contribution in [3.8, 4) is 5.75 Å². The average molecular weight is 367 g/mol. The first-order valence-electron chi connectivity index (χ1n) is 8.18. The highest BCUT2D eigenvalue weighted by molar-refractivity contribution is 6.31. The van der Waals surface area contributed by atoms with Crippen molar-refractivity contribution in [2.45, 2.75) is 6.42 Å². The molecule has 1 amide bonds. The summed E-state index contributed by atoms with van der Waals surface area (Å²) in [5.74, 6) is 0.656. The fourth-order valence-electron chi connectivity index (χ4n) is 2.56. The van der Waals surface area contributed by atoms with Crippen molar-refractivity contribution in [3.63, 3.8) is 0 Å². The summed E-state index contributed by atoms with van der Waals surface area (Å²) in [7, 11) is 1.61. The van der Waals surface area contributed by atoms with Gasteiger partial charge < -0.3 is 15.4 Å². The quantitative estimate of drug-likeness (QED) is 0.624. The predicted molar refractivity (Wildman–Crippen MR) is 107 cm³/mol. The lowest BCUT2D eigenvalue weighted by Gasteiger charge is -2.12. The van der Waals surface area contributed by atoms with Gasteiger partial charge in [0, 0.05) is 16.4 Å². The van der Waals surface area contributed by atoms with Crippen molar-refractivity contribution in [2.75, 3.05) is 17.7 Å². The van der Waals surface area contributed by atoms with Gasteiger partial charge in [0.05, 0.1) is 19.2 Å². The van der Waals surface area contributed by atoms with Gasteiger partial charge in [0.1, 0.15) is 5.75 Å². The molecule has 2 N–H and O–H groups in total. The van der Waals surface area contributed by atoms with Crippen LogP contribution in [-0.4, -0.2) is 13.0 Å². The minimum absolute atomic E-state index is 0.0478. The van der Waals surface area contributed by atoms with Gasteiger partial charge in [0.25, 0.3) is 0 Å². The van der Waals surface area contributed by atoms with Crippen molar-refractivity contribution in [1.29, 1.82) is 0 Å². The van der Waals surface area contributed by atoms with Crippen LogP contribution in [0.3, 0.4) is 0 Å². The van der Waals surface area contributed by atoms with E-state index in [1.54, 1.807) is 19.2 Å². The molecule has 3 aromatic carbocycles. The van der Waals surface area contributed by atoms with Crippen LogP contribution in [0.5, 0.6) is 5.75 Å². The summed E-state index contributed by atoms with van der Waals surface area (Å²) in [5.41, 5.74) is 3.37. The fraction of sp³-hybridized carbons (Fsp3) is 0.0952. The van der Waals surface area contributed by atoms with E-state index in [1.807, 2.05) is 60.7 Å². The van der Waals surface area contributed by atoms with Crippen LogP contribution in [0.4, 0.5) is 17.1 Å². The number of benzene rings is 3. The second kappa shape index (κ2) is 8.41. The molecule has 0 aromatic heterocycles. The Morgan fingerprint density at radius 2 is 1.65 bits per heavy atom. The van der Waals surface area contributed by atoms with Gasteiger partial charge >= 0.3 is 0 Å². The van der Waals surface area contributed by atoms with Crippen LogP contribution < -0.4 is 15.4 Å². The number of rotatable bonds is 6. The number of carbonyl (C=O) groups excluding carboxylic acids is 1. The van der Waals surface area contributed by atoms with E-state index in [0.29, 0.717) is 17.2 Å². The summed E-state index contributed by atoms with van der Waals surface area (Å²) < 4.78 is 5.33. The lowest BCUT2D eigenvalue weighted by atomic mass is 10.1. The average Bonchev–Trinajstić information content (AvgIpc) is 2.64. The third-order valence-corrected chi connectivity index (χ3v) is 4.05. The van der Waals surface area contributed by atoms with Gasteiger partial charge in [0.15, 0.2) is 0 Å². The van der Waals surface area contributed by atoms with Gasteiger partial charge in [-0.1, -0.05) is 41.9 Å². The lowest BCUT2D eigenvalue weighted by molar-refractivity contribution is -0.115. The molecule has 0 unspecified atom stereocenters. The zero-order chi connectivity index (χ0) is 18.4. The summed E-state index contributed by atoms with van der Waals surface area (Å²) >= 11 is 6.05. The number of hydrogen-bond donors (Lipinski definition) is 2. The van der Waals surface area contributed by atoms with Crippen LogP contribution in [0.2, 0.25) is 5.02 Å². The Morgan fingerprint density at radius 3 is 2.35 bits per heavy atom. The van der Waals surface area contributed by atoms with Gasteiger partial charge in [-0.25, -0.2) is 0 Å². The Labute approximate surface area is 157 Å². The Hall–Kier alpha value is -2.98. The minimum atomic E-state index is -0.0478. The van der Waals surface area contributed by atoms with Crippen LogP contribution in [-0.2, 0) is 11.2 Å². The van der Waals surface area contributed by atoms with E-state index >= 15 is 0 Å². The molecule has 3 aromatic rings. The van der Waals surface area contributed by atoms with Crippen molar-refractivity contribution >= 4 is 34.6 Å². The second-order valence-corrected chi connectivity index (χ2v) is 6.19.